The minimum absolute atomic E-state index is 0.0702. The SMILES string of the molecule is CC.CC(=N/C=c1/c2c(c(-c3c(F)ccc4sc(N)c(C#N)c34)c(F)c1=C(C)C)COC2)N1CC(C)C2(CC2)C1.CCCC. The van der Waals surface area contributed by atoms with Gasteiger partial charge in [-0.2, -0.15) is 5.26 Å². The van der Waals surface area contributed by atoms with Crippen LogP contribution in [0.3, 0.4) is 0 Å². The molecule has 3 aromatic rings. The van der Waals surface area contributed by atoms with Crippen LogP contribution in [-0.2, 0) is 18.0 Å². The first-order valence-electron chi connectivity index (χ1n) is 15.9. The third-order valence-corrected chi connectivity index (χ3v) is 10.1. The van der Waals surface area contributed by atoms with E-state index in [0.717, 1.165) is 30.1 Å². The molecule has 0 radical (unpaired) electrons. The molecule has 8 heteroatoms. The van der Waals surface area contributed by atoms with Crippen molar-refractivity contribution in [1.82, 2.24) is 4.90 Å². The van der Waals surface area contributed by atoms with E-state index in [9.17, 15) is 5.26 Å². The summed E-state index contributed by atoms with van der Waals surface area (Å²) in [5.74, 6) is 0.439. The van der Waals surface area contributed by atoms with Crippen molar-refractivity contribution in [3.63, 3.8) is 0 Å². The number of likely N-dealkylation sites (tertiary alicyclic amines) is 1. The topological polar surface area (TPSA) is 74.6 Å². The number of rotatable bonds is 3. The maximum absolute atomic E-state index is 16.6. The summed E-state index contributed by atoms with van der Waals surface area (Å²) in [6, 6.07) is 5.00. The monoisotopic (exact) mass is 620 g/mol. The standard InChI is InChI=1S/C30H30F2N4OS.C4H10.C2H6/c1-15(2)24-19(10-35-17(4)36-11-16(3)30(14-36)7-8-30)20-12-37-13-21(20)26(28(24)32)27-22(31)5-6-23-25(27)18(9-33)29(34)38-23;1-3-4-2;1-2/h5-6,10,16H,7-8,11-14,34H2,1-4H3;3-4H2,1-2H3;1-2H3/b19-10-,35-17?;;. The summed E-state index contributed by atoms with van der Waals surface area (Å²) in [7, 11) is 0. The second-order valence-corrected chi connectivity index (χ2v) is 13.2. The Morgan fingerprint density at radius 1 is 1.14 bits per heavy atom. The lowest BCUT2D eigenvalue weighted by Gasteiger charge is -2.17. The predicted octanol–water partition coefficient (Wildman–Crippen LogP) is 8.24. The van der Waals surface area contributed by atoms with Crippen molar-refractivity contribution in [2.75, 3.05) is 18.8 Å². The van der Waals surface area contributed by atoms with Crippen molar-refractivity contribution in [3.8, 4) is 17.2 Å². The lowest BCUT2D eigenvalue weighted by atomic mass is 9.89. The fourth-order valence-corrected chi connectivity index (χ4v) is 7.20. The zero-order chi connectivity index (χ0) is 32.3. The first-order chi connectivity index (χ1) is 21.1. The number of nitrogens with zero attached hydrogens (tertiary/aromatic N) is 3. The molecule has 44 heavy (non-hydrogen) atoms. The first kappa shape index (κ1) is 33.6. The first-order valence-corrected chi connectivity index (χ1v) is 16.7. The second-order valence-electron chi connectivity index (χ2n) is 12.1. The molecule has 2 N–H and O–H groups in total. The van der Waals surface area contributed by atoms with Crippen LogP contribution in [0.1, 0.15) is 97.8 Å². The van der Waals surface area contributed by atoms with E-state index < -0.39 is 11.6 Å². The van der Waals surface area contributed by atoms with E-state index in [-0.39, 0.29) is 29.9 Å². The van der Waals surface area contributed by atoms with Gasteiger partial charge >= 0.3 is 0 Å². The highest BCUT2D eigenvalue weighted by Crippen LogP contribution is 2.56. The van der Waals surface area contributed by atoms with Crippen molar-refractivity contribution in [2.45, 2.75) is 94.3 Å². The molecule has 5 nitrogen and oxygen atoms in total. The van der Waals surface area contributed by atoms with Crippen LogP contribution >= 0.6 is 11.3 Å². The quantitative estimate of drug-likeness (QED) is 0.236. The number of hydrogen-bond donors (Lipinski definition) is 1. The Hall–Kier alpha value is -3.28. The van der Waals surface area contributed by atoms with Crippen molar-refractivity contribution in [1.29, 1.82) is 5.26 Å². The van der Waals surface area contributed by atoms with Crippen molar-refractivity contribution < 1.29 is 13.5 Å². The van der Waals surface area contributed by atoms with Crippen LogP contribution in [0.15, 0.2) is 17.1 Å². The largest absolute Gasteiger partial charge is 0.389 e. The molecule has 1 unspecified atom stereocenters. The van der Waals surface area contributed by atoms with E-state index in [0.29, 0.717) is 42.4 Å². The number of nitrogen functional groups attached to an aromatic ring is 1. The zero-order valence-electron chi connectivity index (χ0n) is 27.5. The molecule has 1 atom stereocenters. The summed E-state index contributed by atoms with van der Waals surface area (Å²) in [6.45, 7) is 18.8. The summed E-state index contributed by atoms with van der Waals surface area (Å²) in [5.41, 5.74) is 9.08. The van der Waals surface area contributed by atoms with Gasteiger partial charge in [-0.15, -0.1) is 11.3 Å². The number of fused-ring (bicyclic) bond motifs is 2. The minimum atomic E-state index is -0.595. The predicted molar refractivity (Wildman–Crippen MR) is 181 cm³/mol. The highest BCUT2D eigenvalue weighted by atomic mass is 32.1. The van der Waals surface area contributed by atoms with Gasteiger partial charge in [-0.1, -0.05) is 53.0 Å². The summed E-state index contributed by atoms with van der Waals surface area (Å²) >= 11 is 1.20. The van der Waals surface area contributed by atoms with Crippen LogP contribution in [0, 0.1) is 34.3 Å². The molecule has 2 aliphatic heterocycles. The third kappa shape index (κ3) is 6.01. The summed E-state index contributed by atoms with van der Waals surface area (Å²) in [5, 5.41) is 11.5. The van der Waals surface area contributed by atoms with Gasteiger partial charge < -0.3 is 15.4 Å². The van der Waals surface area contributed by atoms with Gasteiger partial charge in [-0.05, 0) is 68.2 Å². The molecule has 1 aromatic heterocycles. The molecule has 2 aromatic carbocycles. The van der Waals surface area contributed by atoms with Crippen molar-refractivity contribution in [3.05, 3.63) is 50.9 Å². The Balaban J connectivity index is 0.000000683. The molecular weight excluding hydrogens is 574 g/mol. The highest BCUT2D eigenvalue weighted by Gasteiger charge is 2.53. The molecule has 0 amide bonds. The third-order valence-electron chi connectivity index (χ3n) is 9.16. The Labute approximate surface area is 264 Å². The van der Waals surface area contributed by atoms with E-state index in [1.807, 2.05) is 34.6 Å². The lowest BCUT2D eigenvalue weighted by molar-refractivity contribution is 0.134. The molecule has 3 heterocycles. The average Bonchev–Trinajstić information content (AvgIpc) is 3.32. The maximum Gasteiger partial charge on any atom is 0.139 e. The van der Waals surface area contributed by atoms with Gasteiger partial charge in [0.15, 0.2) is 0 Å². The van der Waals surface area contributed by atoms with E-state index >= 15 is 8.78 Å². The molecule has 1 saturated heterocycles. The van der Waals surface area contributed by atoms with Gasteiger partial charge in [0.05, 0.1) is 18.8 Å². The number of amidine groups is 1. The Bertz CT molecular complexity index is 1740. The summed E-state index contributed by atoms with van der Waals surface area (Å²) in [6.07, 6.45) is 6.95. The van der Waals surface area contributed by atoms with E-state index in [2.05, 4.69) is 31.7 Å². The fourth-order valence-electron chi connectivity index (χ4n) is 6.27. The molecule has 236 valence electrons. The van der Waals surface area contributed by atoms with Crippen LogP contribution in [0.4, 0.5) is 13.8 Å². The number of ether oxygens (including phenoxy) is 1. The molecular formula is C36H46F2N4OS. The number of hydrogen-bond acceptors (Lipinski definition) is 5. The number of aliphatic imine (C=N–C) groups is 1. The smallest absolute Gasteiger partial charge is 0.139 e. The van der Waals surface area contributed by atoms with E-state index in [4.69, 9.17) is 15.5 Å². The molecule has 1 spiro atoms. The van der Waals surface area contributed by atoms with Gasteiger partial charge in [0.1, 0.15) is 28.5 Å². The van der Waals surface area contributed by atoms with Crippen LogP contribution in [0.5, 0.6) is 0 Å². The Morgan fingerprint density at radius 3 is 2.36 bits per heavy atom. The average molecular weight is 621 g/mol. The van der Waals surface area contributed by atoms with Crippen molar-refractivity contribution in [2.24, 2.45) is 16.3 Å². The number of nitriles is 1. The van der Waals surface area contributed by atoms with E-state index in [1.54, 1.807) is 12.3 Å². The van der Waals surface area contributed by atoms with Crippen LogP contribution in [0.2, 0.25) is 0 Å². The number of halogens is 2. The summed E-state index contributed by atoms with van der Waals surface area (Å²) < 4.78 is 38.6. The normalized spacial score (nSPS) is 18.5. The number of thiophene rings is 1. The molecule has 6 rings (SSSR count). The summed E-state index contributed by atoms with van der Waals surface area (Å²) in [4.78, 5) is 7.15. The Kier molecular flexibility index (Phi) is 10.5. The maximum atomic E-state index is 16.6. The van der Waals surface area contributed by atoms with Crippen LogP contribution < -0.4 is 16.2 Å². The van der Waals surface area contributed by atoms with Crippen molar-refractivity contribution >= 4 is 44.0 Å². The number of unbranched alkanes of at least 4 members (excludes halogenated alkanes) is 1. The molecule has 3 aliphatic rings. The zero-order valence-corrected chi connectivity index (χ0v) is 28.3. The molecule has 1 saturated carbocycles. The number of benzene rings is 2. The van der Waals surface area contributed by atoms with Gasteiger partial charge in [0.2, 0.25) is 0 Å². The lowest BCUT2D eigenvalue weighted by Crippen LogP contribution is -2.35. The molecule has 1 aliphatic carbocycles. The molecule has 0 bridgehead atoms. The number of anilines is 1. The fraction of sp³-hybridized carbons (Fsp3) is 0.500. The Morgan fingerprint density at radius 2 is 1.80 bits per heavy atom. The molecule has 2 fully saturated rings. The van der Waals surface area contributed by atoms with Gasteiger partial charge in [-0.3, -0.25) is 0 Å². The van der Waals surface area contributed by atoms with Gasteiger partial charge in [-0.25, -0.2) is 13.8 Å². The van der Waals surface area contributed by atoms with E-state index in [1.165, 1.54) is 43.1 Å². The van der Waals surface area contributed by atoms with Gasteiger partial charge in [0.25, 0.3) is 0 Å². The van der Waals surface area contributed by atoms with Crippen LogP contribution in [-0.4, -0.2) is 23.8 Å². The van der Waals surface area contributed by atoms with Crippen LogP contribution in [0.25, 0.3) is 33.0 Å². The van der Waals surface area contributed by atoms with Gasteiger partial charge in [0, 0.05) is 50.9 Å². The highest BCUT2D eigenvalue weighted by molar-refractivity contribution is 7.23. The second kappa shape index (κ2) is 13.8. The minimum Gasteiger partial charge on any atom is -0.389 e. The number of nitrogens with two attached hydrogens (primary N) is 1.